The molecule has 0 spiro atoms. The molecule has 0 aliphatic carbocycles. The summed E-state index contributed by atoms with van der Waals surface area (Å²) in [5.74, 6) is -0.0973. The quantitative estimate of drug-likeness (QED) is 0.858. The van der Waals surface area contributed by atoms with Crippen molar-refractivity contribution in [2.24, 2.45) is 5.10 Å². The van der Waals surface area contributed by atoms with Gasteiger partial charge in [0.25, 0.3) is 0 Å². The van der Waals surface area contributed by atoms with Gasteiger partial charge in [-0.25, -0.2) is 0 Å². The second-order valence-electron chi connectivity index (χ2n) is 3.50. The van der Waals surface area contributed by atoms with Gasteiger partial charge in [0.15, 0.2) is 0 Å². The maximum atomic E-state index is 11.7. The molecule has 0 bridgehead atoms. The number of hydrogen-bond acceptors (Lipinski definition) is 3. The van der Waals surface area contributed by atoms with Gasteiger partial charge in [-0.05, 0) is 24.3 Å². The molecule has 1 aromatic rings. The fraction of sp³-hybridized carbons (Fsp3) is 0.0769. The number of benzene rings is 1. The van der Waals surface area contributed by atoms with E-state index in [1.807, 2.05) is 48.6 Å². The molecule has 86 valence electrons. The first-order valence-corrected chi connectivity index (χ1v) is 5.33. The maximum absolute atomic E-state index is 11.7. The fourth-order valence-electron chi connectivity index (χ4n) is 1.39. The molecule has 0 saturated heterocycles. The average molecular weight is 227 g/mol. The van der Waals surface area contributed by atoms with Crippen LogP contribution in [0.25, 0.3) is 0 Å². The van der Waals surface area contributed by atoms with Crippen LogP contribution in [0.4, 0.5) is 5.69 Å². The number of hydrogen-bond donors (Lipinski definition) is 1. The molecule has 1 aliphatic rings. The molecule has 0 unspecified atom stereocenters. The van der Waals surface area contributed by atoms with Gasteiger partial charge in [-0.3, -0.25) is 9.80 Å². The van der Waals surface area contributed by atoms with E-state index in [-0.39, 0.29) is 12.5 Å². The third-order valence-corrected chi connectivity index (χ3v) is 2.14. The molecule has 1 heterocycles. The van der Waals surface area contributed by atoms with Gasteiger partial charge >= 0.3 is 0 Å². The number of amides is 1. The van der Waals surface area contributed by atoms with E-state index in [0.717, 1.165) is 5.69 Å². The van der Waals surface area contributed by atoms with E-state index >= 15 is 0 Å². The first-order chi connectivity index (χ1) is 8.34. The van der Waals surface area contributed by atoms with Crippen LogP contribution in [0.1, 0.15) is 0 Å². The minimum Gasteiger partial charge on any atom is -0.324 e. The first kappa shape index (κ1) is 11.1. The van der Waals surface area contributed by atoms with Crippen LogP contribution in [0.15, 0.2) is 59.9 Å². The summed E-state index contributed by atoms with van der Waals surface area (Å²) in [6.07, 6.45) is 8.91. The average Bonchev–Trinajstić information content (AvgIpc) is 2.59. The van der Waals surface area contributed by atoms with Crippen molar-refractivity contribution in [3.63, 3.8) is 0 Å². The van der Waals surface area contributed by atoms with E-state index in [1.54, 1.807) is 17.4 Å². The molecule has 0 saturated carbocycles. The SMILES string of the molecule is O=C(CN1C=CC=CC=N1)Nc1ccccc1. The first-order valence-electron chi connectivity index (χ1n) is 5.33. The van der Waals surface area contributed by atoms with Crippen LogP contribution < -0.4 is 5.32 Å². The Morgan fingerprint density at radius 1 is 1.18 bits per heavy atom. The molecule has 0 fully saturated rings. The van der Waals surface area contributed by atoms with Gasteiger partial charge < -0.3 is 5.32 Å². The number of carbonyl (C=O) groups excluding carboxylic acids is 1. The number of rotatable bonds is 3. The lowest BCUT2D eigenvalue weighted by Crippen LogP contribution is -2.25. The highest BCUT2D eigenvalue weighted by Crippen LogP contribution is 2.05. The Balaban J connectivity index is 1.89. The number of para-hydroxylation sites is 1. The molecule has 1 amide bonds. The smallest absolute Gasteiger partial charge is 0.246 e. The van der Waals surface area contributed by atoms with Crippen LogP contribution in [0, 0.1) is 0 Å². The van der Waals surface area contributed by atoms with Crippen molar-refractivity contribution < 1.29 is 4.79 Å². The summed E-state index contributed by atoms with van der Waals surface area (Å²) in [7, 11) is 0. The van der Waals surface area contributed by atoms with E-state index in [9.17, 15) is 4.79 Å². The molecule has 4 nitrogen and oxygen atoms in total. The van der Waals surface area contributed by atoms with Crippen molar-refractivity contribution in [3.05, 3.63) is 54.8 Å². The maximum Gasteiger partial charge on any atom is 0.246 e. The monoisotopic (exact) mass is 227 g/mol. The number of nitrogens with one attached hydrogen (secondary N) is 1. The summed E-state index contributed by atoms with van der Waals surface area (Å²) in [5, 5.41) is 8.46. The van der Waals surface area contributed by atoms with E-state index in [4.69, 9.17) is 0 Å². The van der Waals surface area contributed by atoms with Gasteiger partial charge in [0.1, 0.15) is 6.54 Å². The van der Waals surface area contributed by atoms with Gasteiger partial charge in [0.05, 0.1) is 0 Å². The number of anilines is 1. The molecule has 0 radical (unpaired) electrons. The fourth-order valence-corrected chi connectivity index (χ4v) is 1.39. The van der Waals surface area contributed by atoms with Gasteiger partial charge in [-0.1, -0.05) is 24.3 Å². The number of nitrogens with zero attached hydrogens (tertiary/aromatic N) is 2. The third-order valence-electron chi connectivity index (χ3n) is 2.14. The lowest BCUT2D eigenvalue weighted by atomic mass is 10.3. The Hall–Kier alpha value is -2.36. The Bertz CT molecular complexity index is 447. The van der Waals surface area contributed by atoms with Crippen LogP contribution in [0.3, 0.4) is 0 Å². The molecular formula is C13H13N3O. The summed E-state index contributed by atoms with van der Waals surface area (Å²) in [4.78, 5) is 11.7. The molecule has 2 rings (SSSR count). The Morgan fingerprint density at radius 3 is 2.82 bits per heavy atom. The zero-order valence-electron chi connectivity index (χ0n) is 9.28. The number of carbonyl (C=O) groups is 1. The predicted molar refractivity (Wildman–Crippen MR) is 68.5 cm³/mol. The summed E-state index contributed by atoms with van der Waals surface area (Å²) >= 11 is 0. The van der Waals surface area contributed by atoms with Crippen molar-refractivity contribution in [2.45, 2.75) is 0 Å². The Labute approximate surface area is 99.9 Å². The molecule has 17 heavy (non-hydrogen) atoms. The van der Waals surface area contributed by atoms with Crippen LogP contribution in [0.5, 0.6) is 0 Å². The van der Waals surface area contributed by atoms with Crippen molar-refractivity contribution in [1.29, 1.82) is 0 Å². The third kappa shape index (κ3) is 3.61. The summed E-state index contributed by atoms with van der Waals surface area (Å²) < 4.78 is 0. The lowest BCUT2D eigenvalue weighted by molar-refractivity contribution is -0.116. The highest BCUT2D eigenvalue weighted by molar-refractivity contribution is 5.92. The highest BCUT2D eigenvalue weighted by Gasteiger charge is 2.06. The minimum atomic E-state index is -0.0973. The van der Waals surface area contributed by atoms with Crippen molar-refractivity contribution >= 4 is 17.8 Å². The molecule has 0 aromatic heterocycles. The van der Waals surface area contributed by atoms with Gasteiger partial charge in [-0.2, -0.15) is 5.10 Å². The predicted octanol–water partition coefficient (Wildman–Crippen LogP) is 2.00. The van der Waals surface area contributed by atoms with Crippen molar-refractivity contribution in [2.75, 3.05) is 11.9 Å². The van der Waals surface area contributed by atoms with E-state index in [0.29, 0.717) is 0 Å². The van der Waals surface area contributed by atoms with Crippen LogP contribution >= 0.6 is 0 Å². The summed E-state index contributed by atoms with van der Waals surface area (Å²) in [6, 6.07) is 9.36. The van der Waals surface area contributed by atoms with E-state index in [1.165, 1.54) is 0 Å². The van der Waals surface area contributed by atoms with E-state index < -0.39 is 0 Å². The minimum absolute atomic E-state index is 0.0973. The highest BCUT2D eigenvalue weighted by atomic mass is 16.2. The standard InChI is InChI=1S/C13H13N3O/c17-13(15-12-7-3-1-4-8-12)11-16-10-6-2-5-9-14-16/h1-10H,11H2,(H,15,17). The molecule has 4 heteroatoms. The van der Waals surface area contributed by atoms with Gasteiger partial charge in [0.2, 0.25) is 5.91 Å². The second-order valence-corrected chi connectivity index (χ2v) is 3.50. The normalized spacial score (nSPS) is 13.5. The van der Waals surface area contributed by atoms with Crippen LogP contribution in [-0.2, 0) is 4.79 Å². The van der Waals surface area contributed by atoms with Gasteiger partial charge in [-0.15, -0.1) is 0 Å². The largest absolute Gasteiger partial charge is 0.324 e. The molecule has 1 N–H and O–H groups in total. The summed E-state index contributed by atoms with van der Waals surface area (Å²) in [6.45, 7) is 0.198. The van der Waals surface area contributed by atoms with Crippen LogP contribution in [0.2, 0.25) is 0 Å². The molecule has 1 aliphatic heterocycles. The summed E-state index contributed by atoms with van der Waals surface area (Å²) in [5.41, 5.74) is 0.790. The van der Waals surface area contributed by atoms with Crippen molar-refractivity contribution in [1.82, 2.24) is 5.01 Å². The molecule has 0 atom stereocenters. The zero-order valence-corrected chi connectivity index (χ0v) is 9.28. The van der Waals surface area contributed by atoms with Crippen LogP contribution in [-0.4, -0.2) is 23.7 Å². The number of allylic oxidation sites excluding steroid dienone is 3. The second kappa shape index (κ2) is 5.65. The Morgan fingerprint density at radius 2 is 2.00 bits per heavy atom. The van der Waals surface area contributed by atoms with E-state index in [2.05, 4.69) is 10.4 Å². The number of hydrazone groups is 1. The van der Waals surface area contributed by atoms with Gasteiger partial charge in [0, 0.05) is 18.1 Å². The zero-order chi connectivity index (χ0) is 11.9. The molecule has 1 aromatic carbocycles. The van der Waals surface area contributed by atoms with Crippen molar-refractivity contribution in [3.8, 4) is 0 Å². The lowest BCUT2D eigenvalue weighted by Gasteiger charge is -2.12. The topological polar surface area (TPSA) is 44.7 Å². The molecular weight excluding hydrogens is 214 g/mol. The Kier molecular flexibility index (Phi) is 3.70.